The molecule has 0 bridgehead atoms. The average molecular weight is 435 g/mol. The van der Waals surface area contributed by atoms with Gasteiger partial charge in [0.15, 0.2) is 0 Å². The molecule has 166 valence electrons. The maximum absolute atomic E-state index is 13.2. The van der Waals surface area contributed by atoms with Gasteiger partial charge in [0.25, 0.3) is 0 Å². The molecule has 1 saturated carbocycles. The third-order valence-corrected chi connectivity index (χ3v) is 5.98. The van der Waals surface area contributed by atoms with E-state index in [2.05, 4.69) is 10.3 Å². The van der Waals surface area contributed by atoms with Crippen LogP contribution in [0.4, 0.5) is 10.1 Å². The maximum atomic E-state index is 13.2. The van der Waals surface area contributed by atoms with E-state index >= 15 is 0 Å². The van der Waals surface area contributed by atoms with E-state index in [9.17, 15) is 14.3 Å². The highest BCUT2D eigenvalue weighted by molar-refractivity contribution is 6.00. The summed E-state index contributed by atoms with van der Waals surface area (Å²) in [5.41, 5.74) is 3.42. The van der Waals surface area contributed by atoms with Crippen molar-refractivity contribution in [2.75, 3.05) is 5.32 Å². The zero-order valence-electron chi connectivity index (χ0n) is 18.3. The summed E-state index contributed by atoms with van der Waals surface area (Å²) < 4.78 is 18.8. The zero-order valence-corrected chi connectivity index (χ0v) is 18.3. The fourth-order valence-corrected chi connectivity index (χ4v) is 4.10. The minimum absolute atomic E-state index is 0.00102. The van der Waals surface area contributed by atoms with E-state index in [1.54, 1.807) is 24.4 Å². The average Bonchev–Trinajstić information content (AvgIpc) is 2.75. The molecular formula is C26H27FN2O3. The lowest BCUT2D eigenvalue weighted by atomic mass is 9.63. The molecule has 1 aromatic heterocycles. The smallest absolute Gasteiger partial charge is 0.235 e. The molecule has 2 aromatic carbocycles. The van der Waals surface area contributed by atoms with Crippen LogP contribution in [0.2, 0.25) is 0 Å². The molecular weight excluding hydrogens is 407 g/mol. The van der Waals surface area contributed by atoms with Crippen LogP contribution < -0.4 is 10.1 Å². The fraction of sp³-hybridized carbons (Fsp3) is 0.308. The van der Waals surface area contributed by atoms with Gasteiger partial charge in [0.2, 0.25) is 11.8 Å². The van der Waals surface area contributed by atoms with Crippen molar-refractivity contribution in [3.8, 4) is 17.0 Å². The molecule has 32 heavy (non-hydrogen) atoms. The van der Waals surface area contributed by atoms with E-state index in [1.807, 2.05) is 38.1 Å². The van der Waals surface area contributed by atoms with Crippen molar-refractivity contribution < 1.29 is 19.0 Å². The summed E-state index contributed by atoms with van der Waals surface area (Å²) in [6, 6.07) is 15.4. The lowest BCUT2D eigenvalue weighted by Gasteiger charge is -2.40. The van der Waals surface area contributed by atoms with Crippen molar-refractivity contribution in [3.63, 3.8) is 0 Å². The van der Waals surface area contributed by atoms with E-state index in [1.165, 1.54) is 12.1 Å². The summed E-state index contributed by atoms with van der Waals surface area (Å²) in [6.07, 6.45) is 4.22. The normalized spacial score (nSPS) is 14.7. The number of amides is 1. The second-order valence-electron chi connectivity index (χ2n) is 8.48. The molecule has 6 heteroatoms. The number of carbonyl (C=O) groups is 1. The number of halogens is 1. The fourth-order valence-electron chi connectivity index (χ4n) is 4.10. The van der Waals surface area contributed by atoms with Gasteiger partial charge in [-0.25, -0.2) is 9.37 Å². The number of nitrogens with zero attached hydrogens (tertiary/aromatic N) is 1. The monoisotopic (exact) mass is 434 g/mol. The Morgan fingerprint density at radius 1 is 1.16 bits per heavy atom. The standard InChI is InChI=1S/C26H27FN2O3/c1-17(2)32-24-14-19(16-30)23(15-28-24)18-4-6-20(7-5-18)26(12-3-13-26)25(31)29-22-10-8-21(27)9-11-22/h4-11,14-15,17,30H,3,12-13,16H2,1-2H3,(H,29,31). The lowest BCUT2D eigenvalue weighted by molar-refractivity contribution is -0.124. The second kappa shape index (κ2) is 9.09. The molecule has 4 rings (SSSR count). The van der Waals surface area contributed by atoms with Crippen LogP contribution in [-0.4, -0.2) is 22.1 Å². The van der Waals surface area contributed by atoms with Gasteiger partial charge in [-0.3, -0.25) is 4.79 Å². The summed E-state index contributed by atoms with van der Waals surface area (Å²) in [4.78, 5) is 17.5. The van der Waals surface area contributed by atoms with E-state index in [0.29, 0.717) is 11.6 Å². The van der Waals surface area contributed by atoms with Crippen LogP contribution in [0.3, 0.4) is 0 Å². The highest BCUT2D eigenvalue weighted by Gasteiger charge is 2.45. The Balaban J connectivity index is 1.57. The molecule has 1 aliphatic rings. The van der Waals surface area contributed by atoms with E-state index in [-0.39, 0.29) is 24.4 Å². The Labute approximate surface area is 187 Å². The molecule has 0 aliphatic heterocycles. The van der Waals surface area contributed by atoms with E-state index in [4.69, 9.17) is 4.74 Å². The van der Waals surface area contributed by atoms with Crippen LogP contribution in [-0.2, 0) is 16.8 Å². The van der Waals surface area contributed by atoms with Gasteiger partial charge in [0.1, 0.15) is 5.82 Å². The minimum Gasteiger partial charge on any atom is -0.475 e. The predicted octanol–water partition coefficient (Wildman–Crippen LogP) is 5.23. The van der Waals surface area contributed by atoms with Crippen molar-refractivity contribution in [1.29, 1.82) is 0 Å². The molecule has 2 N–H and O–H groups in total. The second-order valence-corrected chi connectivity index (χ2v) is 8.48. The number of aliphatic hydroxyl groups excluding tert-OH is 1. The van der Waals surface area contributed by atoms with Gasteiger partial charge in [-0.2, -0.15) is 0 Å². The van der Waals surface area contributed by atoms with Gasteiger partial charge in [-0.15, -0.1) is 0 Å². The number of aliphatic hydroxyl groups is 1. The Morgan fingerprint density at radius 3 is 2.41 bits per heavy atom. The highest BCUT2D eigenvalue weighted by atomic mass is 19.1. The van der Waals surface area contributed by atoms with Crippen LogP contribution in [0.15, 0.2) is 60.8 Å². The molecule has 1 fully saturated rings. The molecule has 1 heterocycles. The number of ether oxygens (including phenoxy) is 1. The van der Waals surface area contributed by atoms with Crippen molar-refractivity contribution in [3.05, 3.63) is 77.7 Å². The number of nitrogens with one attached hydrogen (secondary N) is 1. The van der Waals surface area contributed by atoms with Crippen LogP contribution in [0.5, 0.6) is 5.88 Å². The molecule has 5 nitrogen and oxygen atoms in total. The highest BCUT2D eigenvalue weighted by Crippen LogP contribution is 2.45. The van der Waals surface area contributed by atoms with E-state index in [0.717, 1.165) is 41.5 Å². The molecule has 0 unspecified atom stereocenters. The lowest BCUT2D eigenvalue weighted by Crippen LogP contribution is -2.46. The van der Waals surface area contributed by atoms with Gasteiger partial charge in [0, 0.05) is 23.5 Å². The topological polar surface area (TPSA) is 71.5 Å². The summed E-state index contributed by atoms with van der Waals surface area (Å²) in [5.74, 6) is 0.0730. The minimum atomic E-state index is -0.583. The van der Waals surface area contributed by atoms with Gasteiger partial charge in [0.05, 0.1) is 18.1 Å². The number of rotatable bonds is 7. The van der Waals surface area contributed by atoms with Gasteiger partial charge in [-0.05, 0) is 67.6 Å². The quantitative estimate of drug-likeness (QED) is 0.534. The molecule has 0 radical (unpaired) electrons. The Hall–Kier alpha value is -3.25. The predicted molar refractivity (Wildman–Crippen MR) is 122 cm³/mol. The summed E-state index contributed by atoms with van der Waals surface area (Å²) in [6.45, 7) is 3.73. The third kappa shape index (κ3) is 4.36. The number of hydrogen-bond acceptors (Lipinski definition) is 4. The third-order valence-electron chi connectivity index (χ3n) is 5.98. The Kier molecular flexibility index (Phi) is 6.24. The first kappa shape index (κ1) is 22.0. The number of hydrogen-bond donors (Lipinski definition) is 2. The summed E-state index contributed by atoms with van der Waals surface area (Å²) in [5, 5.41) is 12.8. The summed E-state index contributed by atoms with van der Waals surface area (Å²) in [7, 11) is 0. The number of pyridine rings is 1. The molecule has 3 aromatic rings. The number of aromatic nitrogens is 1. The first-order valence-corrected chi connectivity index (χ1v) is 10.9. The number of carbonyl (C=O) groups excluding carboxylic acids is 1. The van der Waals surface area contributed by atoms with Crippen LogP contribution in [0.1, 0.15) is 44.2 Å². The molecule has 1 aliphatic carbocycles. The van der Waals surface area contributed by atoms with Gasteiger partial charge >= 0.3 is 0 Å². The molecule has 1 amide bonds. The molecule has 0 atom stereocenters. The molecule has 0 saturated heterocycles. The van der Waals surface area contributed by atoms with Gasteiger partial charge < -0.3 is 15.2 Å². The van der Waals surface area contributed by atoms with Crippen molar-refractivity contribution >= 4 is 11.6 Å². The van der Waals surface area contributed by atoms with Crippen LogP contribution >= 0.6 is 0 Å². The first-order chi connectivity index (χ1) is 15.4. The number of benzene rings is 2. The van der Waals surface area contributed by atoms with Crippen molar-refractivity contribution in [1.82, 2.24) is 4.98 Å². The first-order valence-electron chi connectivity index (χ1n) is 10.9. The van der Waals surface area contributed by atoms with Crippen molar-refractivity contribution in [2.24, 2.45) is 0 Å². The molecule has 0 spiro atoms. The van der Waals surface area contributed by atoms with Crippen molar-refractivity contribution in [2.45, 2.75) is 51.2 Å². The van der Waals surface area contributed by atoms with Crippen LogP contribution in [0.25, 0.3) is 11.1 Å². The van der Waals surface area contributed by atoms with Gasteiger partial charge in [-0.1, -0.05) is 30.7 Å². The largest absolute Gasteiger partial charge is 0.475 e. The maximum Gasteiger partial charge on any atom is 0.235 e. The SMILES string of the molecule is CC(C)Oc1cc(CO)c(-c2ccc(C3(C(=O)Nc4ccc(F)cc4)CCC3)cc2)cn1. The number of anilines is 1. The Morgan fingerprint density at radius 2 is 1.84 bits per heavy atom. The summed E-state index contributed by atoms with van der Waals surface area (Å²) >= 11 is 0. The van der Waals surface area contributed by atoms with Crippen LogP contribution in [0, 0.1) is 5.82 Å². The Bertz CT molecular complexity index is 1090. The zero-order chi connectivity index (χ0) is 22.7. The van der Waals surface area contributed by atoms with E-state index < -0.39 is 5.41 Å².